The van der Waals surface area contributed by atoms with E-state index in [1.807, 2.05) is 13.8 Å². The van der Waals surface area contributed by atoms with Crippen LogP contribution in [0.25, 0.3) is 11.6 Å². The van der Waals surface area contributed by atoms with Gasteiger partial charge < -0.3 is 20.6 Å². The summed E-state index contributed by atoms with van der Waals surface area (Å²) in [6.07, 6.45) is -2.14. The van der Waals surface area contributed by atoms with E-state index in [-0.39, 0.29) is 29.0 Å². The van der Waals surface area contributed by atoms with Gasteiger partial charge in [0.15, 0.2) is 5.69 Å². The number of fused-ring (bicyclic) bond motifs is 5. The van der Waals surface area contributed by atoms with E-state index in [1.165, 1.54) is 0 Å². The van der Waals surface area contributed by atoms with Crippen molar-refractivity contribution in [1.29, 1.82) is 0 Å². The number of anilines is 2. The highest BCUT2D eigenvalue weighted by molar-refractivity contribution is 5.71. The fourth-order valence-corrected chi connectivity index (χ4v) is 3.06. The molecule has 0 saturated heterocycles. The molecule has 0 spiro atoms. The predicted molar refractivity (Wildman–Crippen MR) is 92.7 cm³/mol. The quantitative estimate of drug-likeness (QED) is 0.630. The van der Waals surface area contributed by atoms with Crippen LogP contribution in [0.3, 0.4) is 0 Å². The predicted octanol–water partition coefficient (Wildman–Crippen LogP) is 3.92. The molecule has 3 heterocycles. The molecule has 0 saturated carbocycles. The molecule has 148 valence electrons. The van der Waals surface area contributed by atoms with Gasteiger partial charge >= 0.3 is 6.18 Å². The van der Waals surface area contributed by atoms with Gasteiger partial charge in [-0.3, -0.25) is 0 Å². The van der Waals surface area contributed by atoms with Crippen molar-refractivity contribution in [1.82, 2.24) is 15.2 Å². The van der Waals surface area contributed by atoms with Gasteiger partial charge in [0.25, 0.3) is 5.89 Å². The topological polar surface area (TPSA) is 110 Å². The maximum Gasteiger partial charge on any atom is 0.420 e. The number of aliphatic hydroxyl groups excluding tert-OH is 1. The van der Waals surface area contributed by atoms with Gasteiger partial charge in [0.05, 0.1) is 11.3 Å². The molecule has 1 unspecified atom stereocenters. The van der Waals surface area contributed by atoms with Gasteiger partial charge in [0.1, 0.15) is 11.9 Å². The van der Waals surface area contributed by atoms with E-state index < -0.39 is 23.4 Å². The lowest BCUT2D eigenvalue weighted by Gasteiger charge is -2.29. The summed E-state index contributed by atoms with van der Waals surface area (Å²) in [6.45, 7) is 3.63. The van der Waals surface area contributed by atoms with Gasteiger partial charge in [-0.15, -0.1) is 10.2 Å². The van der Waals surface area contributed by atoms with Crippen LogP contribution in [0.4, 0.5) is 24.7 Å². The average Bonchev–Trinajstić information content (AvgIpc) is 3.03. The van der Waals surface area contributed by atoms with Crippen molar-refractivity contribution in [2.24, 2.45) is 0 Å². The molecule has 4 bridgehead atoms. The number of nitrogens with two attached hydrogens (primary N) is 1. The van der Waals surface area contributed by atoms with Gasteiger partial charge in [-0.1, -0.05) is 19.3 Å². The molecule has 1 atom stereocenters. The average molecular weight is 385 g/mol. The zero-order valence-electron chi connectivity index (χ0n) is 15.1. The summed E-state index contributed by atoms with van der Waals surface area (Å²) in [6, 6.07) is 0.812. The summed E-state index contributed by atoms with van der Waals surface area (Å²) in [5, 5.41) is 20.6. The van der Waals surface area contributed by atoms with Crippen molar-refractivity contribution in [3.63, 3.8) is 0 Å². The number of hydrogen-bond donors (Lipinski definition) is 3. The molecule has 27 heavy (non-hydrogen) atoms. The van der Waals surface area contributed by atoms with Crippen LogP contribution in [-0.4, -0.2) is 25.8 Å². The molecule has 0 aliphatic carbocycles. The Labute approximate surface area is 154 Å². The second kappa shape index (κ2) is 6.99. The van der Waals surface area contributed by atoms with E-state index in [2.05, 4.69) is 20.5 Å². The van der Waals surface area contributed by atoms with Gasteiger partial charge in [-0.05, 0) is 32.8 Å². The van der Waals surface area contributed by atoms with Crippen LogP contribution in [0.2, 0.25) is 0 Å². The van der Waals surface area contributed by atoms with Crippen LogP contribution in [0.5, 0.6) is 0 Å². The first-order valence-electron chi connectivity index (χ1n) is 8.74. The third-order valence-corrected chi connectivity index (χ3v) is 4.52. The molecule has 0 radical (unpaired) electrons. The van der Waals surface area contributed by atoms with Gasteiger partial charge in [0.2, 0.25) is 5.89 Å². The summed E-state index contributed by atoms with van der Waals surface area (Å²) < 4.78 is 45.9. The lowest BCUT2D eigenvalue weighted by Crippen LogP contribution is -2.32. The highest BCUT2D eigenvalue weighted by Crippen LogP contribution is 2.39. The number of alkyl halides is 3. The molecule has 3 rings (SSSR count). The number of aliphatic hydroxyl groups is 1. The summed E-state index contributed by atoms with van der Waals surface area (Å²) >= 11 is 0. The Kier molecular flexibility index (Phi) is 5.02. The fraction of sp³-hybridized carbons (Fsp3) is 0.588. The van der Waals surface area contributed by atoms with E-state index in [4.69, 9.17) is 10.2 Å². The maximum atomic E-state index is 13.5. The summed E-state index contributed by atoms with van der Waals surface area (Å²) in [4.78, 5) is 4.06. The van der Waals surface area contributed by atoms with Gasteiger partial charge in [0, 0.05) is 5.54 Å². The molecule has 2 aromatic heterocycles. The Balaban J connectivity index is 2.14. The Morgan fingerprint density at radius 2 is 2.00 bits per heavy atom. The second-order valence-corrected chi connectivity index (χ2v) is 7.39. The highest BCUT2D eigenvalue weighted by Gasteiger charge is 2.37. The van der Waals surface area contributed by atoms with Crippen molar-refractivity contribution in [2.45, 2.75) is 63.8 Å². The zero-order valence-corrected chi connectivity index (χ0v) is 15.1. The van der Waals surface area contributed by atoms with Crippen molar-refractivity contribution in [2.75, 3.05) is 11.1 Å². The van der Waals surface area contributed by atoms with Crippen molar-refractivity contribution < 1.29 is 22.7 Å². The van der Waals surface area contributed by atoms with E-state index in [1.54, 1.807) is 0 Å². The molecule has 10 heteroatoms. The molecular formula is C17H22F3N5O2. The molecule has 0 amide bonds. The standard InChI is InChI=1S/C17H22F3N5O2/c1-16(2)7-5-3-4-6-11(26)14-24-25-15(27-14)12-10(21)8-9(17(18,19)20)13(22-12)23-16/h8,11,26H,3-7,21H2,1-2H3,(H,22,23). The van der Waals surface area contributed by atoms with Crippen molar-refractivity contribution in [3.8, 4) is 11.6 Å². The van der Waals surface area contributed by atoms with Crippen molar-refractivity contribution >= 4 is 11.5 Å². The third kappa shape index (κ3) is 4.32. The zero-order chi connectivity index (χ0) is 19.8. The number of nitrogens with zero attached hydrogens (tertiary/aromatic N) is 3. The minimum absolute atomic E-state index is 0.00186. The molecule has 2 aromatic rings. The molecule has 4 N–H and O–H groups in total. The highest BCUT2D eigenvalue weighted by atomic mass is 19.4. The number of hydrogen-bond acceptors (Lipinski definition) is 7. The van der Waals surface area contributed by atoms with Crippen molar-refractivity contribution in [3.05, 3.63) is 17.5 Å². The van der Waals surface area contributed by atoms with E-state index in [0.29, 0.717) is 12.8 Å². The van der Waals surface area contributed by atoms with E-state index >= 15 is 0 Å². The molecular weight excluding hydrogens is 363 g/mol. The Morgan fingerprint density at radius 1 is 1.26 bits per heavy atom. The first kappa shape index (κ1) is 19.4. The Hall–Kier alpha value is -2.36. The minimum Gasteiger partial charge on any atom is -0.416 e. The van der Waals surface area contributed by atoms with E-state index in [0.717, 1.165) is 25.3 Å². The number of nitrogen functional groups attached to an aromatic ring is 1. The Morgan fingerprint density at radius 3 is 2.70 bits per heavy atom. The molecule has 0 aromatic carbocycles. The third-order valence-electron chi connectivity index (χ3n) is 4.52. The lowest BCUT2D eigenvalue weighted by molar-refractivity contribution is -0.137. The van der Waals surface area contributed by atoms with Crippen LogP contribution in [0.1, 0.15) is 63.5 Å². The monoisotopic (exact) mass is 385 g/mol. The van der Waals surface area contributed by atoms with Crippen LogP contribution in [-0.2, 0) is 6.18 Å². The minimum atomic E-state index is -4.63. The number of pyridine rings is 1. The molecule has 7 nitrogen and oxygen atoms in total. The second-order valence-electron chi connectivity index (χ2n) is 7.39. The van der Waals surface area contributed by atoms with Crippen LogP contribution in [0, 0.1) is 0 Å². The largest absolute Gasteiger partial charge is 0.420 e. The molecule has 0 fully saturated rings. The summed E-state index contributed by atoms with van der Waals surface area (Å²) in [5.74, 6) is -0.472. The van der Waals surface area contributed by atoms with Crippen LogP contribution >= 0.6 is 0 Å². The van der Waals surface area contributed by atoms with Gasteiger partial charge in [-0.2, -0.15) is 13.2 Å². The first-order chi connectivity index (χ1) is 12.6. The number of halogens is 3. The normalized spacial score (nSPS) is 20.6. The summed E-state index contributed by atoms with van der Waals surface area (Å²) in [7, 11) is 0. The Bertz CT molecular complexity index is 819. The lowest BCUT2D eigenvalue weighted by atomic mass is 9.95. The fourth-order valence-electron chi connectivity index (χ4n) is 3.06. The number of aromatic nitrogens is 3. The van der Waals surface area contributed by atoms with Crippen LogP contribution in [0.15, 0.2) is 10.5 Å². The maximum absolute atomic E-state index is 13.5. The smallest absolute Gasteiger partial charge is 0.416 e. The molecule has 1 aliphatic heterocycles. The SMILES string of the molecule is CC1(C)CCCCCC(O)c2nnc(o2)-c2nc(c(C(F)(F)F)cc2N)N1. The summed E-state index contributed by atoms with van der Waals surface area (Å²) in [5.41, 5.74) is 3.93. The number of rotatable bonds is 0. The first-order valence-corrected chi connectivity index (χ1v) is 8.74. The van der Waals surface area contributed by atoms with Crippen LogP contribution < -0.4 is 11.1 Å². The molecule has 1 aliphatic rings. The van der Waals surface area contributed by atoms with Gasteiger partial charge in [-0.25, -0.2) is 4.98 Å². The number of nitrogens with one attached hydrogen (secondary N) is 1. The van der Waals surface area contributed by atoms with E-state index in [9.17, 15) is 18.3 Å².